The Kier molecular flexibility index (Phi) is 13.7. The second-order valence-electron chi connectivity index (χ2n) is 6.45. The van der Waals surface area contributed by atoms with Gasteiger partial charge in [-0.2, -0.15) is 0 Å². The van der Waals surface area contributed by atoms with Gasteiger partial charge in [0.2, 0.25) is 0 Å². The van der Waals surface area contributed by atoms with E-state index >= 15 is 0 Å². The molecule has 0 amide bonds. The molecule has 0 radical (unpaired) electrons. The molecule has 0 bridgehead atoms. The maximum atomic E-state index is 9.24. The third-order valence-corrected chi connectivity index (χ3v) is 4.75. The zero-order chi connectivity index (χ0) is 17.1. The van der Waals surface area contributed by atoms with E-state index in [0.29, 0.717) is 11.8 Å². The Hall–Kier alpha value is -0.340. The van der Waals surface area contributed by atoms with Crippen LogP contribution in [0, 0.1) is 11.8 Å². The number of aliphatic hydroxyl groups is 1. The van der Waals surface area contributed by atoms with Gasteiger partial charge < -0.3 is 15.3 Å². The number of likely N-dealkylation sites (N-methyl/N-ethyl adjacent to an activating group) is 1. The van der Waals surface area contributed by atoms with Crippen LogP contribution in [0.1, 0.15) is 38.5 Å². The van der Waals surface area contributed by atoms with Crippen LogP contribution in [-0.2, 0) is 6.42 Å². The van der Waals surface area contributed by atoms with E-state index in [2.05, 4.69) is 55.5 Å². The average molecular weight is 467 g/mol. The molecule has 1 heterocycles. The first-order valence-electron chi connectivity index (χ1n) is 8.69. The molecule has 0 aliphatic carbocycles. The standard InChI is InChI=1S/C18H33N3OS.HI/c1-5-19-18(20-14-16(9-11-22)13-15(2)3)21(4)10-8-17-7-6-12-23-17;/h6-7,12,15-16,22H,5,8-11,13-14H2,1-4H3,(H,19,20);1H. The fourth-order valence-corrected chi connectivity index (χ4v) is 3.35. The molecule has 1 atom stereocenters. The molecule has 4 nitrogen and oxygen atoms in total. The van der Waals surface area contributed by atoms with Gasteiger partial charge in [0.15, 0.2) is 5.96 Å². The van der Waals surface area contributed by atoms with E-state index in [1.807, 2.05) is 0 Å². The van der Waals surface area contributed by atoms with Crippen LogP contribution in [0.15, 0.2) is 22.5 Å². The largest absolute Gasteiger partial charge is 0.396 e. The van der Waals surface area contributed by atoms with Gasteiger partial charge in [-0.25, -0.2) is 0 Å². The van der Waals surface area contributed by atoms with Crippen molar-refractivity contribution in [3.8, 4) is 0 Å². The molecule has 24 heavy (non-hydrogen) atoms. The highest BCUT2D eigenvalue weighted by atomic mass is 127. The monoisotopic (exact) mass is 467 g/mol. The number of guanidine groups is 1. The van der Waals surface area contributed by atoms with Crippen LogP contribution >= 0.6 is 35.3 Å². The molecule has 1 aromatic rings. The van der Waals surface area contributed by atoms with Gasteiger partial charge in [-0.05, 0) is 49.5 Å². The Labute approximate surface area is 168 Å². The van der Waals surface area contributed by atoms with Crippen LogP contribution in [0.4, 0.5) is 0 Å². The minimum Gasteiger partial charge on any atom is -0.396 e. The van der Waals surface area contributed by atoms with Gasteiger partial charge in [0, 0.05) is 38.2 Å². The normalized spacial score (nSPS) is 12.8. The molecule has 1 aromatic heterocycles. The molecule has 2 N–H and O–H groups in total. The summed E-state index contributed by atoms with van der Waals surface area (Å²) in [5.74, 6) is 2.07. The van der Waals surface area contributed by atoms with Gasteiger partial charge in [-0.15, -0.1) is 35.3 Å². The fourth-order valence-electron chi connectivity index (χ4n) is 2.66. The van der Waals surface area contributed by atoms with Gasteiger partial charge >= 0.3 is 0 Å². The van der Waals surface area contributed by atoms with Crippen LogP contribution in [0.5, 0.6) is 0 Å². The van der Waals surface area contributed by atoms with Crippen molar-refractivity contribution in [3.63, 3.8) is 0 Å². The van der Waals surface area contributed by atoms with Crippen molar-refractivity contribution >= 4 is 41.3 Å². The summed E-state index contributed by atoms with van der Waals surface area (Å²) in [6.07, 6.45) is 2.99. The molecule has 0 aliphatic heterocycles. The summed E-state index contributed by atoms with van der Waals surface area (Å²) in [6, 6.07) is 4.28. The van der Waals surface area contributed by atoms with Crippen molar-refractivity contribution in [1.82, 2.24) is 10.2 Å². The molecule has 0 fully saturated rings. The number of hydrogen-bond acceptors (Lipinski definition) is 3. The van der Waals surface area contributed by atoms with E-state index in [1.54, 1.807) is 11.3 Å². The molecule has 6 heteroatoms. The van der Waals surface area contributed by atoms with E-state index in [-0.39, 0.29) is 30.6 Å². The van der Waals surface area contributed by atoms with Gasteiger partial charge in [0.1, 0.15) is 0 Å². The summed E-state index contributed by atoms with van der Waals surface area (Å²) in [5, 5.41) is 14.7. The zero-order valence-corrected chi connectivity index (χ0v) is 18.6. The Morgan fingerprint density at radius 1 is 1.42 bits per heavy atom. The Balaban J connectivity index is 0.00000529. The smallest absolute Gasteiger partial charge is 0.193 e. The number of aliphatic hydroxyl groups excluding tert-OH is 1. The predicted molar refractivity (Wildman–Crippen MR) is 117 cm³/mol. The van der Waals surface area contributed by atoms with E-state index in [4.69, 9.17) is 4.99 Å². The summed E-state index contributed by atoms with van der Waals surface area (Å²) in [5.41, 5.74) is 0. The first-order valence-corrected chi connectivity index (χ1v) is 9.57. The molecule has 1 rings (SSSR count). The number of rotatable bonds is 10. The van der Waals surface area contributed by atoms with E-state index in [0.717, 1.165) is 44.9 Å². The second-order valence-corrected chi connectivity index (χ2v) is 7.49. The maximum Gasteiger partial charge on any atom is 0.193 e. The van der Waals surface area contributed by atoms with E-state index in [1.165, 1.54) is 4.88 Å². The van der Waals surface area contributed by atoms with E-state index < -0.39 is 0 Å². The molecule has 0 saturated carbocycles. The van der Waals surface area contributed by atoms with Crippen LogP contribution in [0.2, 0.25) is 0 Å². The molecular weight excluding hydrogens is 433 g/mol. The highest BCUT2D eigenvalue weighted by Gasteiger charge is 2.12. The van der Waals surface area contributed by atoms with Crippen molar-refractivity contribution in [2.45, 2.75) is 40.0 Å². The first kappa shape index (κ1) is 23.7. The molecule has 1 unspecified atom stereocenters. The number of aliphatic imine (C=N–C) groups is 1. The van der Waals surface area contributed by atoms with Crippen molar-refractivity contribution in [3.05, 3.63) is 22.4 Å². The van der Waals surface area contributed by atoms with Gasteiger partial charge in [-0.1, -0.05) is 19.9 Å². The lowest BCUT2D eigenvalue weighted by Crippen LogP contribution is -2.40. The average Bonchev–Trinajstić information content (AvgIpc) is 3.02. The Bertz CT molecular complexity index is 437. The maximum absolute atomic E-state index is 9.24. The molecule has 0 aromatic carbocycles. The van der Waals surface area contributed by atoms with Crippen LogP contribution < -0.4 is 5.32 Å². The topological polar surface area (TPSA) is 47.9 Å². The van der Waals surface area contributed by atoms with Crippen molar-refractivity contribution in [2.24, 2.45) is 16.8 Å². The van der Waals surface area contributed by atoms with Gasteiger partial charge in [0.05, 0.1) is 0 Å². The van der Waals surface area contributed by atoms with E-state index in [9.17, 15) is 5.11 Å². The minimum absolute atomic E-state index is 0. The number of thiophene rings is 1. The highest BCUT2D eigenvalue weighted by Crippen LogP contribution is 2.16. The highest BCUT2D eigenvalue weighted by molar-refractivity contribution is 14.0. The summed E-state index contributed by atoms with van der Waals surface area (Å²) >= 11 is 1.81. The molecule has 140 valence electrons. The van der Waals surface area contributed by atoms with Crippen LogP contribution in [0.3, 0.4) is 0 Å². The molecular formula is C18H34IN3OS. The van der Waals surface area contributed by atoms with Crippen molar-refractivity contribution < 1.29 is 5.11 Å². The van der Waals surface area contributed by atoms with Gasteiger partial charge in [-0.3, -0.25) is 4.99 Å². The van der Waals surface area contributed by atoms with Crippen LogP contribution in [-0.4, -0.2) is 49.3 Å². The summed E-state index contributed by atoms with van der Waals surface area (Å²) in [6.45, 7) is 9.42. The van der Waals surface area contributed by atoms with Gasteiger partial charge in [0.25, 0.3) is 0 Å². The third kappa shape index (κ3) is 9.84. The number of nitrogens with zero attached hydrogens (tertiary/aromatic N) is 2. The third-order valence-electron chi connectivity index (χ3n) is 3.81. The Morgan fingerprint density at radius 2 is 2.17 bits per heavy atom. The van der Waals surface area contributed by atoms with Crippen LogP contribution in [0.25, 0.3) is 0 Å². The number of halogens is 1. The second kappa shape index (κ2) is 13.9. The zero-order valence-electron chi connectivity index (χ0n) is 15.5. The van der Waals surface area contributed by atoms with Crippen molar-refractivity contribution in [1.29, 1.82) is 0 Å². The first-order chi connectivity index (χ1) is 11.1. The minimum atomic E-state index is 0. The Morgan fingerprint density at radius 3 is 2.71 bits per heavy atom. The summed E-state index contributed by atoms with van der Waals surface area (Å²) in [7, 11) is 2.10. The fraction of sp³-hybridized carbons (Fsp3) is 0.722. The lowest BCUT2D eigenvalue weighted by molar-refractivity contribution is 0.245. The summed E-state index contributed by atoms with van der Waals surface area (Å²) in [4.78, 5) is 8.42. The number of hydrogen-bond donors (Lipinski definition) is 2. The SMILES string of the molecule is CCNC(=NCC(CCO)CC(C)C)N(C)CCc1cccs1.I. The predicted octanol–water partition coefficient (Wildman–Crippen LogP) is 3.85. The summed E-state index contributed by atoms with van der Waals surface area (Å²) < 4.78 is 0. The molecule has 0 saturated heterocycles. The molecule has 0 spiro atoms. The number of nitrogens with one attached hydrogen (secondary N) is 1. The molecule has 0 aliphatic rings. The lowest BCUT2D eigenvalue weighted by atomic mass is 9.94. The lowest BCUT2D eigenvalue weighted by Gasteiger charge is -2.23. The van der Waals surface area contributed by atoms with Crippen molar-refractivity contribution in [2.75, 3.05) is 33.3 Å². The quantitative estimate of drug-likeness (QED) is 0.312.